The zero-order valence-electron chi connectivity index (χ0n) is 18.2. The number of halogens is 1. The molecule has 0 saturated heterocycles. The van der Waals surface area contributed by atoms with E-state index in [0.29, 0.717) is 36.0 Å². The summed E-state index contributed by atoms with van der Waals surface area (Å²) in [6.07, 6.45) is 2.10. The summed E-state index contributed by atoms with van der Waals surface area (Å²) in [5.74, 6) is -0.400. The number of aliphatic carboxylic acids is 1. The molecular weight excluding hydrogens is 415 g/mol. The summed E-state index contributed by atoms with van der Waals surface area (Å²) in [6.45, 7) is 2.81. The molecule has 2 aromatic heterocycles. The molecule has 0 spiro atoms. The number of hydrogen-bond donors (Lipinski definition) is 2. The highest BCUT2D eigenvalue weighted by atomic mass is 19.1. The molecule has 3 aromatic rings. The maximum absolute atomic E-state index is 13.6. The molecule has 1 unspecified atom stereocenters. The maximum Gasteiger partial charge on any atom is 0.303 e. The molecule has 0 fully saturated rings. The monoisotopic (exact) mass is 442 g/mol. The highest BCUT2D eigenvalue weighted by Crippen LogP contribution is 2.25. The molecule has 0 aliphatic rings. The molecule has 8 nitrogen and oxygen atoms in total. The van der Waals surface area contributed by atoms with Crippen LogP contribution >= 0.6 is 0 Å². The van der Waals surface area contributed by atoms with Crippen LogP contribution in [0.3, 0.4) is 0 Å². The molecular formula is C23H27FN4O4. The summed E-state index contributed by atoms with van der Waals surface area (Å²) < 4.78 is 24.1. The third-order valence-electron chi connectivity index (χ3n) is 5.01. The first-order chi connectivity index (χ1) is 15.5. The van der Waals surface area contributed by atoms with Crippen LogP contribution in [-0.4, -0.2) is 39.9 Å². The SMILES string of the molecule is CCNc1ccc(OC)nc1CCCc1noc(CC(CC(=O)O)c2cccc(F)c2)n1. The minimum Gasteiger partial charge on any atom is -0.481 e. The Labute approximate surface area is 185 Å². The van der Waals surface area contributed by atoms with Gasteiger partial charge in [0, 0.05) is 31.4 Å². The Hall–Kier alpha value is -3.49. The lowest BCUT2D eigenvalue weighted by Gasteiger charge is -2.13. The van der Waals surface area contributed by atoms with Crippen LogP contribution < -0.4 is 10.1 Å². The first-order valence-corrected chi connectivity index (χ1v) is 10.5. The number of hydrogen-bond acceptors (Lipinski definition) is 7. The summed E-state index contributed by atoms with van der Waals surface area (Å²) in [6, 6.07) is 9.70. The number of aromatic nitrogens is 3. The van der Waals surface area contributed by atoms with Gasteiger partial charge in [0.15, 0.2) is 5.82 Å². The number of carboxylic acids is 1. The van der Waals surface area contributed by atoms with Crippen molar-refractivity contribution >= 4 is 11.7 Å². The average Bonchev–Trinajstić information content (AvgIpc) is 3.21. The summed E-state index contributed by atoms with van der Waals surface area (Å²) in [7, 11) is 1.58. The molecule has 32 heavy (non-hydrogen) atoms. The van der Waals surface area contributed by atoms with Crippen LogP contribution in [0.25, 0.3) is 0 Å². The highest BCUT2D eigenvalue weighted by molar-refractivity contribution is 5.68. The van der Waals surface area contributed by atoms with Crippen LogP contribution in [0, 0.1) is 5.82 Å². The third kappa shape index (κ3) is 6.50. The van der Waals surface area contributed by atoms with E-state index in [-0.39, 0.29) is 12.8 Å². The number of anilines is 1. The summed E-state index contributed by atoms with van der Waals surface area (Å²) in [5, 5.41) is 16.5. The van der Waals surface area contributed by atoms with Crippen molar-refractivity contribution in [2.75, 3.05) is 19.0 Å². The number of aryl methyl sites for hydroxylation is 2. The highest BCUT2D eigenvalue weighted by Gasteiger charge is 2.20. The molecule has 0 saturated carbocycles. The number of pyridine rings is 1. The van der Waals surface area contributed by atoms with E-state index in [1.54, 1.807) is 19.2 Å². The van der Waals surface area contributed by atoms with Gasteiger partial charge in [0.05, 0.1) is 24.9 Å². The molecule has 9 heteroatoms. The van der Waals surface area contributed by atoms with Crippen LogP contribution in [0.5, 0.6) is 5.88 Å². The van der Waals surface area contributed by atoms with Crippen molar-refractivity contribution < 1.29 is 23.6 Å². The molecule has 0 bridgehead atoms. The fourth-order valence-corrected chi connectivity index (χ4v) is 3.52. The van der Waals surface area contributed by atoms with Gasteiger partial charge in [-0.3, -0.25) is 4.79 Å². The Kier molecular flexibility index (Phi) is 8.13. The number of nitrogens with one attached hydrogen (secondary N) is 1. The van der Waals surface area contributed by atoms with Gasteiger partial charge in [0.25, 0.3) is 0 Å². The Morgan fingerprint density at radius 1 is 1.25 bits per heavy atom. The first-order valence-electron chi connectivity index (χ1n) is 10.5. The molecule has 0 aliphatic heterocycles. The second kappa shape index (κ2) is 11.2. The first kappa shape index (κ1) is 23.2. The van der Waals surface area contributed by atoms with Crippen LogP contribution in [-0.2, 0) is 24.1 Å². The van der Waals surface area contributed by atoms with Gasteiger partial charge in [-0.05, 0) is 43.5 Å². The lowest BCUT2D eigenvalue weighted by Crippen LogP contribution is -2.10. The van der Waals surface area contributed by atoms with Gasteiger partial charge in [-0.15, -0.1) is 0 Å². The second-order valence-corrected chi connectivity index (χ2v) is 7.39. The smallest absolute Gasteiger partial charge is 0.303 e. The molecule has 0 radical (unpaired) electrons. The van der Waals surface area contributed by atoms with E-state index in [1.165, 1.54) is 12.1 Å². The van der Waals surface area contributed by atoms with Gasteiger partial charge in [0.1, 0.15) is 5.82 Å². The number of ether oxygens (including phenoxy) is 1. The number of benzene rings is 1. The van der Waals surface area contributed by atoms with Crippen molar-refractivity contribution in [2.24, 2.45) is 0 Å². The van der Waals surface area contributed by atoms with E-state index in [2.05, 4.69) is 20.4 Å². The summed E-state index contributed by atoms with van der Waals surface area (Å²) in [5.41, 5.74) is 2.46. The zero-order chi connectivity index (χ0) is 22.9. The van der Waals surface area contributed by atoms with Crippen molar-refractivity contribution in [1.82, 2.24) is 15.1 Å². The summed E-state index contributed by atoms with van der Waals surface area (Å²) >= 11 is 0. The normalized spacial score (nSPS) is 11.8. The molecule has 1 atom stereocenters. The Balaban J connectivity index is 1.62. The van der Waals surface area contributed by atoms with E-state index < -0.39 is 17.7 Å². The number of methoxy groups -OCH3 is 1. The maximum atomic E-state index is 13.6. The molecule has 1 aromatic carbocycles. The van der Waals surface area contributed by atoms with Crippen LogP contribution in [0.1, 0.15) is 48.7 Å². The Morgan fingerprint density at radius 3 is 2.81 bits per heavy atom. The van der Waals surface area contributed by atoms with E-state index in [4.69, 9.17) is 9.26 Å². The van der Waals surface area contributed by atoms with Crippen molar-refractivity contribution in [3.8, 4) is 5.88 Å². The van der Waals surface area contributed by atoms with E-state index >= 15 is 0 Å². The second-order valence-electron chi connectivity index (χ2n) is 7.39. The zero-order valence-corrected chi connectivity index (χ0v) is 18.2. The van der Waals surface area contributed by atoms with Crippen molar-refractivity contribution in [3.63, 3.8) is 0 Å². The topological polar surface area (TPSA) is 110 Å². The van der Waals surface area contributed by atoms with Gasteiger partial charge >= 0.3 is 5.97 Å². The van der Waals surface area contributed by atoms with Crippen molar-refractivity contribution in [3.05, 3.63) is 65.2 Å². The molecule has 0 amide bonds. The summed E-state index contributed by atoms with van der Waals surface area (Å²) in [4.78, 5) is 20.2. The van der Waals surface area contributed by atoms with Gasteiger partial charge in [-0.1, -0.05) is 17.3 Å². The van der Waals surface area contributed by atoms with Gasteiger partial charge in [0.2, 0.25) is 11.8 Å². The molecule has 0 aliphatic carbocycles. The fourth-order valence-electron chi connectivity index (χ4n) is 3.52. The largest absolute Gasteiger partial charge is 0.481 e. The molecule has 3 rings (SSSR count). The number of rotatable bonds is 12. The van der Waals surface area contributed by atoms with E-state index in [9.17, 15) is 14.3 Å². The van der Waals surface area contributed by atoms with Crippen molar-refractivity contribution in [1.29, 1.82) is 0 Å². The Bertz CT molecular complexity index is 1040. The van der Waals surface area contributed by atoms with Crippen LogP contribution in [0.4, 0.5) is 10.1 Å². The lowest BCUT2D eigenvalue weighted by atomic mass is 9.92. The predicted molar refractivity (Wildman–Crippen MR) is 116 cm³/mol. The van der Waals surface area contributed by atoms with Gasteiger partial charge in [-0.25, -0.2) is 9.37 Å². The molecule has 2 N–H and O–H groups in total. The predicted octanol–water partition coefficient (Wildman–Crippen LogP) is 4.02. The van der Waals surface area contributed by atoms with Crippen molar-refractivity contribution in [2.45, 2.75) is 44.9 Å². The van der Waals surface area contributed by atoms with Crippen LogP contribution in [0.2, 0.25) is 0 Å². The minimum atomic E-state index is -0.971. The average molecular weight is 442 g/mol. The standard InChI is InChI=1S/C23H27FN4O4/c1-3-25-18-10-11-21(31-2)26-19(18)8-5-9-20-27-22(32-28-20)13-16(14-23(29)30)15-6-4-7-17(24)12-15/h4,6-7,10-12,16,25H,3,5,8-9,13-14H2,1-2H3,(H,29,30). The third-order valence-corrected chi connectivity index (χ3v) is 5.01. The quantitative estimate of drug-likeness (QED) is 0.433. The van der Waals surface area contributed by atoms with E-state index in [1.807, 2.05) is 19.1 Å². The van der Waals surface area contributed by atoms with Gasteiger partial charge < -0.3 is 19.7 Å². The number of carbonyl (C=O) groups is 1. The minimum absolute atomic E-state index is 0.157. The fraction of sp³-hybridized carbons (Fsp3) is 0.391. The van der Waals surface area contributed by atoms with Gasteiger partial charge in [-0.2, -0.15) is 4.98 Å². The lowest BCUT2D eigenvalue weighted by molar-refractivity contribution is -0.137. The Morgan fingerprint density at radius 2 is 2.09 bits per heavy atom. The van der Waals surface area contributed by atoms with Crippen LogP contribution in [0.15, 0.2) is 40.9 Å². The molecule has 170 valence electrons. The molecule has 2 heterocycles. The number of carboxylic acid groups (broad SMARTS) is 1. The van der Waals surface area contributed by atoms with E-state index in [0.717, 1.165) is 24.3 Å². The number of nitrogens with zero attached hydrogens (tertiary/aromatic N) is 3.